The topological polar surface area (TPSA) is 38.4 Å². The van der Waals surface area contributed by atoms with Crippen molar-refractivity contribution in [2.24, 2.45) is 0 Å². The molecule has 0 saturated heterocycles. The Balaban J connectivity index is 0.000000181. The van der Waals surface area contributed by atoms with Gasteiger partial charge < -0.3 is 13.8 Å². The Morgan fingerprint density at radius 2 is 1.56 bits per heavy atom. The zero-order chi connectivity index (χ0) is 41.8. The van der Waals surface area contributed by atoms with Gasteiger partial charge in [-0.3, -0.25) is 9.97 Å². The molecule has 0 spiro atoms. The Bertz CT molecular complexity index is 2960. The van der Waals surface area contributed by atoms with Crippen LogP contribution in [0.2, 0.25) is 0 Å². The minimum absolute atomic E-state index is 0. The number of anilines is 1. The van der Waals surface area contributed by atoms with Gasteiger partial charge in [-0.15, -0.1) is 53.9 Å². The van der Waals surface area contributed by atoms with Crippen LogP contribution in [-0.2, 0) is 36.4 Å². The van der Waals surface area contributed by atoms with Crippen LogP contribution in [0.5, 0.6) is 0 Å². The fourth-order valence-electron chi connectivity index (χ4n) is 9.85. The molecule has 0 fully saturated rings. The molecule has 0 saturated carbocycles. The number of hydrogen-bond donors (Lipinski definition) is 0. The molecule has 0 bridgehead atoms. The summed E-state index contributed by atoms with van der Waals surface area (Å²) >= 11 is 0. The van der Waals surface area contributed by atoms with Gasteiger partial charge >= 0.3 is 0 Å². The number of pyridine rings is 1. The van der Waals surface area contributed by atoms with Crippen molar-refractivity contribution in [1.82, 2.24) is 18.8 Å². The van der Waals surface area contributed by atoms with Crippen molar-refractivity contribution in [3.63, 3.8) is 0 Å². The van der Waals surface area contributed by atoms with E-state index < -0.39 is 6.85 Å². The number of imidazole rings is 2. The molecule has 1 aliphatic heterocycles. The molecule has 0 N–H and O–H groups in total. The molecule has 10 rings (SSSR count). The summed E-state index contributed by atoms with van der Waals surface area (Å²) < 4.78 is 29.6. The Morgan fingerprint density at radius 1 is 0.825 bits per heavy atom. The molecular formula is C50H49BIrN5-2. The fourth-order valence-corrected chi connectivity index (χ4v) is 9.85. The van der Waals surface area contributed by atoms with E-state index in [4.69, 9.17) is 9.10 Å². The van der Waals surface area contributed by atoms with E-state index in [0.29, 0.717) is 5.56 Å². The van der Waals surface area contributed by atoms with Crippen LogP contribution >= 0.6 is 0 Å². The van der Waals surface area contributed by atoms with E-state index in [0.717, 1.165) is 56.5 Å². The third-order valence-corrected chi connectivity index (χ3v) is 12.9. The maximum absolute atomic E-state index is 8.39. The molecule has 1 unspecified atom stereocenters. The summed E-state index contributed by atoms with van der Waals surface area (Å²) in [4.78, 5) is 12.0. The number of aromatic nitrogens is 4. The van der Waals surface area contributed by atoms with Crippen molar-refractivity contribution in [3.8, 4) is 22.6 Å². The van der Waals surface area contributed by atoms with E-state index >= 15 is 0 Å². The van der Waals surface area contributed by atoms with Gasteiger partial charge in [0.2, 0.25) is 0 Å². The van der Waals surface area contributed by atoms with Gasteiger partial charge in [0.05, 0.1) is 11.3 Å². The fraction of sp³-hybridized carbons (Fsp3) is 0.280. The molecule has 1 aliphatic carbocycles. The van der Waals surface area contributed by atoms with Crippen LogP contribution in [0, 0.1) is 32.8 Å². The molecule has 2 aliphatic rings. The molecule has 8 aromatic rings. The molecule has 4 heterocycles. The van der Waals surface area contributed by atoms with E-state index in [9.17, 15) is 0 Å². The van der Waals surface area contributed by atoms with Crippen molar-refractivity contribution in [2.75, 3.05) is 19.0 Å². The maximum atomic E-state index is 8.39. The largest absolute Gasteiger partial charge is 0.416 e. The van der Waals surface area contributed by atoms with E-state index in [1.165, 1.54) is 39.0 Å². The SMILES string of the molecule is Cc1cccc(C)c1[B]n1ccnc1-c1[c-]cccc1N(C)C.[2H]C([2H])([2H])c1ccc2c3c1c1ccc[c-]c1c1nc4c(n13)C(C)(CC(C)(C)c1ccccc1-4)C2(C)C.[Ir]. The van der Waals surface area contributed by atoms with E-state index in [1.807, 2.05) is 62.9 Å². The van der Waals surface area contributed by atoms with Crippen molar-refractivity contribution in [2.45, 2.75) is 78.0 Å². The van der Waals surface area contributed by atoms with Gasteiger partial charge in [0.25, 0.3) is 7.41 Å². The standard InChI is InChI=1S/C31H29N2.C19H20BN3.Ir/c1-18-15-16-23-26-24(18)19-11-7-8-12-20(19)28-32-25-21-13-9-10-14-22(21)29(2,3)17-31(6,30(23,4)5)27(25)33(26)28;1-14-8-7-9-15(2)18(14)20-23-13-12-21-19(23)16-10-5-6-11-17(16)22(3)4;/h7-11,13-16H,17H2,1-6H3;5-9,11-13H,1-4H3;/q2*-1;/i1D3;;. The first-order chi connectivity index (χ1) is 28.0. The summed E-state index contributed by atoms with van der Waals surface area (Å²) in [6.45, 7) is 13.8. The third-order valence-electron chi connectivity index (χ3n) is 12.9. The van der Waals surface area contributed by atoms with Crippen molar-refractivity contribution in [3.05, 3.63) is 149 Å². The minimum Gasteiger partial charge on any atom is -0.416 e. The molecule has 2 radical (unpaired) electrons. The molecule has 1 atom stereocenters. The number of fused-ring (bicyclic) bond motifs is 5. The number of rotatable bonds is 4. The Kier molecular flexibility index (Phi) is 8.56. The van der Waals surface area contributed by atoms with Crippen molar-refractivity contribution >= 4 is 45.9 Å². The van der Waals surface area contributed by atoms with Crippen LogP contribution in [0.4, 0.5) is 5.69 Å². The first kappa shape index (κ1) is 35.2. The second kappa shape index (κ2) is 13.9. The molecule has 5 aromatic carbocycles. The number of aryl methyl sites for hydroxylation is 3. The molecule has 5 nitrogen and oxygen atoms in total. The summed E-state index contributed by atoms with van der Waals surface area (Å²) in [6.07, 6.45) is 4.77. The van der Waals surface area contributed by atoms with Crippen molar-refractivity contribution in [1.29, 1.82) is 0 Å². The first-order valence-electron chi connectivity index (χ1n) is 21.0. The first-order valence-corrected chi connectivity index (χ1v) is 19.5. The molecule has 288 valence electrons. The molecule has 0 amide bonds. The quantitative estimate of drug-likeness (QED) is 0.100. The summed E-state index contributed by atoms with van der Waals surface area (Å²) in [6, 6.07) is 37.6. The Hall–Kier alpha value is -4.97. The molecular weight excluding hydrogens is 874 g/mol. The van der Waals surface area contributed by atoms with Crippen LogP contribution in [0.3, 0.4) is 0 Å². The zero-order valence-electron chi connectivity index (χ0n) is 37.2. The average Bonchev–Trinajstić information content (AvgIpc) is 3.82. The number of hydrogen-bond acceptors (Lipinski definition) is 3. The van der Waals surface area contributed by atoms with Gasteiger partial charge in [0, 0.05) is 70.0 Å². The second-order valence-corrected chi connectivity index (χ2v) is 17.3. The molecule has 7 heteroatoms. The summed E-state index contributed by atoms with van der Waals surface area (Å²) in [5.74, 6) is 0.900. The zero-order valence-corrected chi connectivity index (χ0v) is 36.6. The Labute approximate surface area is 356 Å². The van der Waals surface area contributed by atoms with Crippen LogP contribution in [-0.4, -0.2) is 40.4 Å². The number of nitrogens with zero attached hydrogens (tertiary/aromatic N) is 5. The van der Waals surface area contributed by atoms with E-state index in [-0.39, 0.29) is 36.4 Å². The van der Waals surface area contributed by atoms with Crippen LogP contribution in [0.15, 0.2) is 103 Å². The number of benzene rings is 5. The smallest absolute Gasteiger partial charge is 0.281 e. The minimum atomic E-state index is -2.23. The van der Waals surface area contributed by atoms with Crippen LogP contribution < -0.4 is 10.4 Å². The monoisotopic (exact) mass is 926 g/mol. The van der Waals surface area contributed by atoms with Gasteiger partial charge in [-0.1, -0.05) is 122 Å². The van der Waals surface area contributed by atoms with Gasteiger partial charge in [-0.05, 0) is 68.8 Å². The van der Waals surface area contributed by atoms with Gasteiger partial charge in [-0.2, -0.15) is 0 Å². The molecule has 3 aromatic heterocycles. The van der Waals surface area contributed by atoms with Gasteiger partial charge in [0.1, 0.15) is 0 Å². The second-order valence-electron chi connectivity index (χ2n) is 17.3. The summed E-state index contributed by atoms with van der Waals surface area (Å²) in [7, 11) is 6.22. The van der Waals surface area contributed by atoms with Gasteiger partial charge in [-0.25, -0.2) is 0 Å². The van der Waals surface area contributed by atoms with Gasteiger partial charge in [0.15, 0.2) is 0 Å². The average molecular weight is 926 g/mol. The van der Waals surface area contributed by atoms with Crippen LogP contribution in [0.25, 0.3) is 50.0 Å². The maximum Gasteiger partial charge on any atom is 0.281 e. The third kappa shape index (κ3) is 5.75. The summed E-state index contributed by atoms with van der Waals surface area (Å²) in [5, 5.41) is 2.58. The van der Waals surface area contributed by atoms with Crippen molar-refractivity contribution < 1.29 is 24.2 Å². The van der Waals surface area contributed by atoms with Crippen LogP contribution in [0.1, 0.15) is 78.7 Å². The molecule has 57 heavy (non-hydrogen) atoms. The Morgan fingerprint density at radius 3 is 2.32 bits per heavy atom. The summed E-state index contributed by atoms with van der Waals surface area (Å²) in [5.41, 5.74) is 13.4. The predicted molar refractivity (Wildman–Crippen MR) is 235 cm³/mol. The van der Waals surface area contributed by atoms with E-state index in [2.05, 4.69) is 141 Å². The predicted octanol–water partition coefficient (Wildman–Crippen LogP) is 10.5. The normalized spacial score (nSPS) is 18.1. The van der Waals surface area contributed by atoms with E-state index in [1.54, 1.807) is 0 Å².